The van der Waals surface area contributed by atoms with Crippen molar-refractivity contribution in [2.45, 2.75) is 24.9 Å². The van der Waals surface area contributed by atoms with Gasteiger partial charge in [0.15, 0.2) is 0 Å². The van der Waals surface area contributed by atoms with E-state index in [1.165, 1.54) is 0 Å². The fourth-order valence-corrected chi connectivity index (χ4v) is 1.88. The lowest BCUT2D eigenvalue weighted by molar-refractivity contribution is -0.138. The first-order valence-electron chi connectivity index (χ1n) is 5.54. The molecule has 106 valence electrons. The summed E-state index contributed by atoms with van der Waals surface area (Å²) in [5.41, 5.74) is 3.69. The van der Waals surface area contributed by atoms with Gasteiger partial charge < -0.3 is 10.8 Å². The molecule has 0 aromatic heterocycles. The summed E-state index contributed by atoms with van der Waals surface area (Å²) in [5, 5.41) is 8.55. The van der Waals surface area contributed by atoms with Crippen molar-refractivity contribution in [3.63, 3.8) is 0 Å². The van der Waals surface area contributed by atoms with Crippen LogP contribution >= 0.6 is 0 Å². The van der Waals surface area contributed by atoms with Gasteiger partial charge in [0.05, 0.1) is 5.56 Å². The number of hydrogen-bond acceptors (Lipinski definition) is 2. The third kappa shape index (κ3) is 3.92. The highest BCUT2D eigenvalue weighted by Crippen LogP contribution is 2.37. The van der Waals surface area contributed by atoms with Crippen LogP contribution in [0.15, 0.2) is 18.2 Å². The molecule has 1 rings (SSSR count). The largest absolute Gasteiger partial charge is 0.481 e. The third-order valence-electron chi connectivity index (χ3n) is 2.76. The van der Waals surface area contributed by atoms with Crippen molar-refractivity contribution in [1.82, 2.24) is 0 Å². The Morgan fingerprint density at radius 2 is 2.00 bits per heavy atom. The average Bonchev–Trinajstić information content (AvgIpc) is 2.29. The highest BCUT2D eigenvalue weighted by molar-refractivity contribution is 5.66. The van der Waals surface area contributed by atoms with Gasteiger partial charge in [-0.05, 0) is 25.1 Å². The van der Waals surface area contributed by atoms with Crippen molar-refractivity contribution < 1.29 is 27.5 Å². The summed E-state index contributed by atoms with van der Waals surface area (Å²) in [7, 11) is 0. The Hall–Kier alpha value is -1.63. The fourth-order valence-electron chi connectivity index (χ4n) is 1.88. The molecule has 1 unspecified atom stereocenters. The summed E-state index contributed by atoms with van der Waals surface area (Å²) >= 11 is 0. The summed E-state index contributed by atoms with van der Waals surface area (Å²) in [6, 6.07) is 2.64. The molecule has 0 aliphatic carbocycles. The number of nitrogens with two attached hydrogens (primary N) is 1. The number of hydrogen-bond donors (Lipinski definition) is 2. The number of carboxylic acid groups (broad SMARTS) is 1. The van der Waals surface area contributed by atoms with Crippen LogP contribution in [0, 0.1) is 5.82 Å². The van der Waals surface area contributed by atoms with E-state index in [2.05, 4.69) is 0 Å². The van der Waals surface area contributed by atoms with E-state index < -0.39 is 35.0 Å². The standard InChI is InChI=1S/C12H13F4NO2/c13-9-3-1-2-8(12(14,15)16)11(9)7(6-17)4-5-10(18)19/h1-3,7H,4-6,17H2,(H,18,19). The number of halogens is 4. The quantitative estimate of drug-likeness (QED) is 0.815. The lowest BCUT2D eigenvalue weighted by Gasteiger charge is -2.20. The van der Waals surface area contributed by atoms with Gasteiger partial charge >= 0.3 is 12.1 Å². The molecule has 0 radical (unpaired) electrons. The second-order valence-corrected chi connectivity index (χ2v) is 4.06. The number of rotatable bonds is 5. The molecule has 3 N–H and O–H groups in total. The smallest absolute Gasteiger partial charge is 0.416 e. The van der Waals surface area contributed by atoms with Crippen molar-refractivity contribution >= 4 is 5.97 Å². The molecule has 0 fully saturated rings. The van der Waals surface area contributed by atoms with Crippen molar-refractivity contribution in [3.8, 4) is 0 Å². The van der Waals surface area contributed by atoms with Crippen LogP contribution in [-0.2, 0) is 11.0 Å². The summed E-state index contributed by atoms with van der Waals surface area (Å²) in [6.45, 7) is -0.253. The molecule has 1 aromatic carbocycles. The number of benzene rings is 1. The predicted molar refractivity (Wildman–Crippen MR) is 60.1 cm³/mol. The van der Waals surface area contributed by atoms with Gasteiger partial charge in [-0.25, -0.2) is 4.39 Å². The van der Waals surface area contributed by atoms with Crippen LogP contribution in [-0.4, -0.2) is 17.6 Å². The molecular weight excluding hydrogens is 266 g/mol. The van der Waals surface area contributed by atoms with Crippen LogP contribution in [0.2, 0.25) is 0 Å². The van der Waals surface area contributed by atoms with E-state index in [0.717, 1.165) is 18.2 Å². The van der Waals surface area contributed by atoms with Crippen LogP contribution in [0.3, 0.4) is 0 Å². The second-order valence-electron chi connectivity index (χ2n) is 4.06. The molecule has 1 aromatic rings. The molecule has 0 heterocycles. The van der Waals surface area contributed by atoms with Gasteiger partial charge in [-0.15, -0.1) is 0 Å². The molecule has 0 aliphatic rings. The predicted octanol–water partition coefficient (Wildman–Crippen LogP) is 2.75. The van der Waals surface area contributed by atoms with Gasteiger partial charge in [-0.3, -0.25) is 4.79 Å². The van der Waals surface area contributed by atoms with E-state index in [0.29, 0.717) is 0 Å². The van der Waals surface area contributed by atoms with Crippen LogP contribution in [0.4, 0.5) is 17.6 Å². The Morgan fingerprint density at radius 1 is 1.37 bits per heavy atom. The first kappa shape index (κ1) is 15.4. The third-order valence-corrected chi connectivity index (χ3v) is 2.76. The van der Waals surface area contributed by atoms with E-state index >= 15 is 0 Å². The first-order chi connectivity index (χ1) is 8.77. The zero-order valence-electron chi connectivity index (χ0n) is 9.88. The summed E-state index contributed by atoms with van der Waals surface area (Å²) in [4.78, 5) is 10.5. The minimum absolute atomic E-state index is 0.143. The topological polar surface area (TPSA) is 63.3 Å². The van der Waals surface area contributed by atoms with Gasteiger partial charge in [0, 0.05) is 17.9 Å². The van der Waals surface area contributed by atoms with E-state index in [1.54, 1.807) is 0 Å². The molecule has 3 nitrogen and oxygen atoms in total. The maximum atomic E-state index is 13.6. The maximum absolute atomic E-state index is 13.6. The SMILES string of the molecule is NCC(CCC(=O)O)c1c(F)cccc1C(F)(F)F. The van der Waals surface area contributed by atoms with Gasteiger partial charge in [0.25, 0.3) is 0 Å². The molecule has 0 saturated heterocycles. The lowest BCUT2D eigenvalue weighted by atomic mass is 9.89. The number of carbonyl (C=O) groups is 1. The van der Waals surface area contributed by atoms with E-state index in [4.69, 9.17) is 10.8 Å². The molecule has 0 amide bonds. The Morgan fingerprint density at radius 3 is 2.47 bits per heavy atom. The molecule has 0 bridgehead atoms. The maximum Gasteiger partial charge on any atom is 0.416 e. The number of carboxylic acids is 1. The summed E-state index contributed by atoms with van der Waals surface area (Å²) in [5.74, 6) is -3.16. The minimum Gasteiger partial charge on any atom is -0.481 e. The van der Waals surface area contributed by atoms with Gasteiger partial charge in [0.1, 0.15) is 5.82 Å². The van der Waals surface area contributed by atoms with E-state index in [9.17, 15) is 22.4 Å². The number of alkyl halides is 3. The second kappa shape index (κ2) is 6.01. The lowest BCUT2D eigenvalue weighted by Crippen LogP contribution is -2.20. The molecule has 0 saturated carbocycles. The highest BCUT2D eigenvalue weighted by Gasteiger charge is 2.36. The Labute approximate surface area is 107 Å². The molecule has 19 heavy (non-hydrogen) atoms. The molecular formula is C12H13F4NO2. The van der Waals surface area contributed by atoms with Crippen LogP contribution in [0.5, 0.6) is 0 Å². The zero-order valence-corrected chi connectivity index (χ0v) is 9.88. The highest BCUT2D eigenvalue weighted by atomic mass is 19.4. The Kier molecular flexibility index (Phi) is 4.88. The molecule has 0 aliphatic heterocycles. The Bertz CT molecular complexity index is 460. The Balaban J connectivity index is 3.18. The van der Waals surface area contributed by atoms with Gasteiger partial charge in [0.2, 0.25) is 0 Å². The van der Waals surface area contributed by atoms with Gasteiger partial charge in [-0.1, -0.05) is 6.07 Å². The summed E-state index contributed by atoms with van der Waals surface area (Å²) < 4.78 is 52.0. The monoisotopic (exact) mass is 279 g/mol. The van der Waals surface area contributed by atoms with E-state index in [-0.39, 0.29) is 19.4 Å². The number of aliphatic carboxylic acids is 1. The fraction of sp³-hybridized carbons (Fsp3) is 0.417. The molecule has 1 atom stereocenters. The average molecular weight is 279 g/mol. The van der Waals surface area contributed by atoms with Gasteiger partial charge in [-0.2, -0.15) is 13.2 Å². The van der Waals surface area contributed by atoms with Crippen molar-refractivity contribution in [1.29, 1.82) is 0 Å². The van der Waals surface area contributed by atoms with Crippen molar-refractivity contribution in [2.24, 2.45) is 5.73 Å². The van der Waals surface area contributed by atoms with Crippen molar-refractivity contribution in [3.05, 3.63) is 35.1 Å². The normalized spacial score (nSPS) is 13.3. The van der Waals surface area contributed by atoms with Crippen LogP contribution < -0.4 is 5.73 Å². The summed E-state index contributed by atoms with van der Waals surface area (Å²) in [6.07, 6.45) is -5.21. The van der Waals surface area contributed by atoms with E-state index in [1.807, 2.05) is 0 Å². The molecule has 0 spiro atoms. The van der Waals surface area contributed by atoms with Crippen molar-refractivity contribution in [2.75, 3.05) is 6.54 Å². The first-order valence-corrected chi connectivity index (χ1v) is 5.54. The zero-order chi connectivity index (χ0) is 14.6. The van der Waals surface area contributed by atoms with Crippen LogP contribution in [0.25, 0.3) is 0 Å². The molecule has 7 heteroatoms. The van der Waals surface area contributed by atoms with Crippen LogP contribution in [0.1, 0.15) is 29.9 Å². The minimum atomic E-state index is -4.70.